The summed E-state index contributed by atoms with van der Waals surface area (Å²) in [7, 11) is 1.48. The van der Waals surface area contributed by atoms with Gasteiger partial charge in [0.25, 0.3) is 0 Å². The van der Waals surface area contributed by atoms with Crippen LogP contribution in [0.5, 0.6) is 0 Å². The van der Waals surface area contributed by atoms with E-state index in [1.54, 1.807) is 0 Å². The Balaban J connectivity index is 0.000000806. The van der Waals surface area contributed by atoms with Crippen molar-refractivity contribution in [1.82, 2.24) is 0 Å². The first-order valence-electron chi connectivity index (χ1n) is 10.4. The van der Waals surface area contributed by atoms with E-state index in [1.807, 2.05) is 0 Å². The molecule has 0 unspecified atom stereocenters. The summed E-state index contributed by atoms with van der Waals surface area (Å²) in [5.41, 5.74) is 2.64. The number of fused-ring (bicyclic) bond motifs is 2. The number of methoxy groups -OCH3 is 1. The van der Waals surface area contributed by atoms with Gasteiger partial charge in [-0.3, -0.25) is 9.59 Å². The molecule has 0 aromatic carbocycles. The van der Waals surface area contributed by atoms with Crippen molar-refractivity contribution >= 4 is 18.1 Å². The van der Waals surface area contributed by atoms with Crippen LogP contribution in [0.15, 0.2) is 35.5 Å². The van der Waals surface area contributed by atoms with Gasteiger partial charge < -0.3 is 9.47 Å². The van der Waals surface area contributed by atoms with Crippen molar-refractivity contribution in [2.75, 3.05) is 7.11 Å². The fourth-order valence-corrected chi connectivity index (χ4v) is 6.56. The number of rotatable bonds is 2. The zero-order valence-corrected chi connectivity index (χ0v) is 18.4. The first-order valence-corrected chi connectivity index (χ1v) is 10.4. The van der Waals surface area contributed by atoms with E-state index in [4.69, 9.17) is 19.1 Å². The maximum Gasteiger partial charge on any atom is 0.373 e. The van der Waals surface area contributed by atoms with Gasteiger partial charge in [-0.2, -0.15) is 9.59 Å². The molecule has 1 spiro atoms. The number of hydrogen-bond acceptors (Lipinski definition) is 6. The monoisotopic (exact) mass is 414 g/mol. The third-order valence-corrected chi connectivity index (χ3v) is 8.10. The van der Waals surface area contributed by atoms with Crippen molar-refractivity contribution in [2.24, 2.45) is 28.6 Å². The molecule has 2 fully saturated rings. The highest BCUT2D eigenvalue weighted by atomic mass is 16.6. The summed E-state index contributed by atoms with van der Waals surface area (Å²) in [6, 6.07) is 0. The van der Waals surface area contributed by atoms with Gasteiger partial charge in [-0.1, -0.05) is 45.1 Å². The van der Waals surface area contributed by atoms with Crippen LogP contribution in [0.3, 0.4) is 0 Å². The van der Waals surface area contributed by atoms with Crippen molar-refractivity contribution < 1.29 is 28.7 Å². The van der Waals surface area contributed by atoms with E-state index in [1.165, 1.54) is 25.2 Å². The Kier molecular flexibility index (Phi) is 5.44. The fourth-order valence-electron chi connectivity index (χ4n) is 6.56. The second-order valence-corrected chi connectivity index (χ2v) is 9.67. The molecule has 0 aliphatic heterocycles. The Bertz CT molecular complexity index is 887. The highest BCUT2D eigenvalue weighted by molar-refractivity contribution is 5.78. The highest BCUT2D eigenvalue weighted by Gasteiger charge is 2.69. The lowest BCUT2D eigenvalue weighted by Crippen LogP contribution is -2.46. The van der Waals surface area contributed by atoms with E-state index in [0.29, 0.717) is 18.8 Å². The van der Waals surface area contributed by atoms with Crippen molar-refractivity contribution in [3.63, 3.8) is 0 Å². The van der Waals surface area contributed by atoms with Crippen LogP contribution < -0.4 is 0 Å². The van der Waals surface area contributed by atoms with E-state index in [2.05, 4.69) is 39.5 Å². The van der Waals surface area contributed by atoms with Gasteiger partial charge >= 0.3 is 18.1 Å². The van der Waals surface area contributed by atoms with Crippen LogP contribution in [0.1, 0.15) is 53.4 Å². The molecule has 4 aliphatic carbocycles. The molecule has 6 heteroatoms. The quantitative estimate of drug-likeness (QED) is 0.505. The van der Waals surface area contributed by atoms with E-state index < -0.39 is 5.60 Å². The van der Waals surface area contributed by atoms with Gasteiger partial charge in [0, 0.05) is 24.7 Å². The summed E-state index contributed by atoms with van der Waals surface area (Å²) in [5.74, 6) is -0.165. The lowest BCUT2D eigenvalue weighted by Gasteiger charge is -2.45. The number of allylic oxidation sites excluding steroid dienone is 4. The third kappa shape index (κ3) is 2.92. The first kappa shape index (κ1) is 22.2. The van der Waals surface area contributed by atoms with Gasteiger partial charge in [0.15, 0.2) is 0 Å². The zero-order chi connectivity index (χ0) is 22.5. The molecule has 4 aliphatic rings. The molecular weight excluding hydrogens is 384 g/mol. The summed E-state index contributed by atoms with van der Waals surface area (Å²) in [6.07, 6.45) is 7.75. The topological polar surface area (TPSA) is 86.7 Å². The smallest absolute Gasteiger partial charge is 0.373 e. The van der Waals surface area contributed by atoms with E-state index in [-0.39, 0.29) is 40.8 Å². The Hall–Kier alpha value is -2.46. The number of carbonyl (C=O) groups is 2. The fraction of sp³-hybridized carbons (Fsp3) is 0.625. The Morgan fingerprint density at radius 2 is 1.90 bits per heavy atom. The largest absolute Gasteiger partial charge is 0.469 e. The summed E-state index contributed by atoms with van der Waals surface area (Å²) in [4.78, 5) is 41.2. The van der Waals surface area contributed by atoms with Crippen LogP contribution >= 0.6 is 0 Å². The zero-order valence-electron chi connectivity index (χ0n) is 18.4. The van der Waals surface area contributed by atoms with Crippen LogP contribution in [0.2, 0.25) is 0 Å². The van der Waals surface area contributed by atoms with Gasteiger partial charge in [-0.05, 0) is 41.7 Å². The first-order chi connectivity index (χ1) is 14.0. The Morgan fingerprint density at radius 1 is 1.27 bits per heavy atom. The summed E-state index contributed by atoms with van der Waals surface area (Å²) < 4.78 is 11.2. The Morgan fingerprint density at radius 3 is 2.47 bits per heavy atom. The minimum Gasteiger partial charge on any atom is -0.469 e. The second-order valence-electron chi connectivity index (χ2n) is 9.67. The molecule has 0 amide bonds. The van der Waals surface area contributed by atoms with Crippen LogP contribution in [0, 0.1) is 28.6 Å². The van der Waals surface area contributed by atoms with Gasteiger partial charge in [-0.15, -0.1) is 0 Å². The molecule has 0 aromatic heterocycles. The molecule has 2 saturated carbocycles. The average molecular weight is 414 g/mol. The van der Waals surface area contributed by atoms with Gasteiger partial charge in [0.1, 0.15) is 5.60 Å². The van der Waals surface area contributed by atoms with Gasteiger partial charge in [0.2, 0.25) is 0 Å². The van der Waals surface area contributed by atoms with Crippen molar-refractivity contribution in [1.29, 1.82) is 0 Å². The molecule has 0 aromatic rings. The van der Waals surface area contributed by atoms with Crippen LogP contribution in [0.25, 0.3) is 0 Å². The number of carbonyl (C=O) groups excluding carboxylic acids is 4. The molecule has 4 rings (SSSR count). The standard InChI is InChI=1S/C23H30O4.CO2/c1-13-7-8-16-17-9-10-23(27-15(3)24)12-22(17,11-14(23)2)19(20(25)26-6)18(16)21(13,4)5;2-1-3/h7-8,13,18-19H,2,9-12H2,1,3-6H3;/t13-,18+,19+,22-,23-;/m0./s1. The molecule has 0 saturated heterocycles. The van der Waals surface area contributed by atoms with E-state index in [9.17, 15) is 9.59 Å². The van der Waals surface area contributed by atoms with E-state index >= 15 is 0 Å². The predicted molar refractivity (Wildman–Crippen MR) is 108 cm³/mol. The lowest BCUT2D eigenvalue weighted by molar-refractivity contribution is -0.191. The predicted octanol–water partition coefficient (Wildman–Crippen LogP) is 3.78. The molecule has 5 atom stereocenters. The molecule has 2 bridgehead atoms. The van der Waals surface area contributed by atoms with Crippen LogP contribution in [0.4, 0.5) is 0 Å². The number of esters is 2. The Labute approximate surface area is 177 Å². The maximum absolute atomic E-state index is 13.1. The normalized spacial score (nSPS) is 37.4. The summed E-state index contributed by atoms with van der Waals surface area (Å²) in [6.45, 7) is 12.5. The summed E-state index contributed by atoms with van der Waals surface area (Å²) in [5, 5.41) is 0. The molecule has 0 radical (unpaired) electrons. The van der Waals surface area contributed by atoms with Crippen molar-refractivity contribution in [3.05, 3.63) is 35.5 Å². The SMILES string of the molecule is C=C1C[C@]23C[C@@]1(OC(C)=O)CCC2=C1C=C[C@H](C)C(C)(C)[C@H]1[C@@H]3C(=O)OC.O=C=O. The molecule has 0 heterocycles. The minimum absolute atomic E-state index is 0.0456. The lowest BCUT2D eigenvalue weighted by atomic mass is 9.58. The van der Waals surface area contributed by atoms with Crippen molar-refractivity contribution in [2.45, 2.75) is 59.0 Å². The van der Waals surface area contributed by atoms with Crippen molar-refractivity contribution in [3.8, 4) is 0 Å². The van der Waals surface area contributed by atoms with E-state index in [0.717, 1.165) is 18.4 Å². The molecule has 162 valence electrons. The molecule has 0 N–H and O–H groups in total. The maximum atomic E-state index is 13.1. The highest BCUT2D eigenvalue weighted by Crippen LogP contribution is 2.72. The minimum atomic E-state index is -0.630. The molecule has 6 nitrogen and oxygen atoms in total. The molecule has 30 heavy (non-hydrogen) atoms. The van der Waals surface area contributed by atoms with Gasteiger partial charge in [0.05, 0.1) is 13.0 Å². The molecular formula is C24H30O6. The number of ether oxygens (including phenoxy) is 2. The van der Waals surface area contributed by atoms with Crippen LogP contribution in [-0.2, 0) is 28.7 Å². The second kappa shape index (κ2) is 7.35. The van der Waals surface area contributed by atoms with Gasteiger partial charge in [-0.25, -0.2) is 0 Å². The number of hydrogen-bond donors (Lipinski definition) is 0. The van der Waals surface area contributed by atoms with Crippen LogP contribution in [-0.4, -0.2) is 30.8 Å². The average Bonchev–Trinajstić information content (AvgIpc) is 3.06. The summed E-state index contributed by atoms with van der Waals surface area (Å²) >= 11 is 0. The third-order valence-electron chi connectivity index (χ3n) is 8.10.